The van der Waals surface area contributed by atoms with Crippen molar-refractivity contribution >= 4 is 50.5 Å². The zero-order chi connectivity index (χ0) is 21.8. The van der Waals surface area contributed by atoms with Gasteiger partial charge >= 0.3 is 0 Å². The SMILES string of the molecule is COCCN1C(=O)/C(=C\c2ccc(-c3ccc(C)cc3Br)o2)SC1=Nc1ccccc1. The van der Waals surface area contributed by atoms with Crippen molar-refractivity contribution in [2.45, 2.75) is 6.92 Å². The molecule has 1 aromatic heterocycles. The van der Waals surface area contributed by atoms with Crippen molar-refractivity contribution in [3.05, 3.63) is 81.4 Å². The van der Waals surface area contributed by atoms with Crippen LogP contribution in [-0.2, 0) is 9.53 Å². The van der Waals surface area contributed by atoms with Gasteiger partial charge in [0.25, 0.3) is 5.91 Å². The first-order valence-electron chi connectivity index (χ1n) is 9.75. The number of amidine groups is 1. The molecule has 3 aromatic rings. The minimum absolute atomic E-state index is 0.105. The van der Waals surface area contributed by atoms with Gasteiger partial charge in [-0.2, -0.15) is 0 Å². The van der Waals surface area contributed by atoms with Gasteiger partial charge < -0.3 is 9.15 Å². The molecule has 0 aliphatic carbocycles. The molecule has 0 atom stereocenters. The third kappa shape index (κ3) is 5.01. The minimum Gasteiger partial charge on any atom is -0.457 e. The zero-order valence-electron chi connectivity index (χ0n) is 17.2. The Labute approximate surface area is 193 Å². The van der Waals surface area contributed by atoms with E-state index < -0.39 is 0 Å². The number of aliphatic imine (C=N–C) groups is 1. The van der Waals surface area contributed by atoms with Crippen LogP contribution in [-0.4, -0.2) is 36.2 Å². The van der Waals surface area contributed by atoms with Crippen LogP contribution >= 0.6 is 27.7 Å². The number of carbonyl (C=O) groups is 1. The van der Waals surface area contributed by atoms with E-state index in [1.807, 2.05) is 67.6 Å². The van der Waals surface area contributed by atoms with Crippen molar-refractivity contribution in [1.29, 1.82) is 0 Å². The molecule has 0 radical (unpaired) electrons. The van der Waals surface area contributed by atoms with Gasteiger partial charge in [0.05, 0.1) is 23.7 Å². The van der Waals surface area contributed by atoms with E-state index >= 15 is 0 Å². The van der Waals surface area contributed by atoms with Gasteiger partial charge in [-0.25, -0.2) is 4.99 Å². The normalized spacial score (nSPS) is 16.6. The molecule has 1 aliphatic rings. The molecule has 2 heterocycles. The van der Waals surface area contributed by atoms with E-state index in [0.29, 0.717) is 29.0 Å². The maximum Gasteiger partial charge on any atom is 0.266 e. The Morgan fingerprint density at radius 2 is 1.97 bits per heavy atom. The molecule has 1 amide bonds. The summed E-state index contributed by atoms with van der Waals surface area (Å²) in [5.41, 5.74) is 2.93. The summed E-state index contributed by atoms with van der Waals surface area (Å²) in [5, 5.41) is 0.632. The minimum atomic E-state index is -0.105. The molecule has 0 saturated carbocycles. The van der Waals surface area contributed by atoms with E-state index in [2.05, 4.69) is 20.9 Å². The number of furan rings is 1. The van der Waals surface area contributed by atoms with Crippen LogP contribution in [0.15, 0.2) is 79.5 Å². The molecule has 31 heavy (non-hydrogen) atoms. The highest BCUT2D eigenvalue weighted by molar-refractivity contribution is 9.10. The maximum absolute atomic E-state index is 13.0. The summed E-state index contributed by atoms with van der Waals surface area (Å²) < 4.78 is 12.2. The fourth-order valence-corrected chi connectivity index (χ4v) is 4.80. The molecular formula is C24H21BrN2O3S. The highest BCUT2D eigenvalue weighted by Crippen LogP contribution is 2.36. The first kappa shape index (κ1) is 21.6. The quantitative estimate of drug-likeness (QED) is 0.377. The number of halogens is 1. The van der Waals surface area contributed by atoms with Crippen molar-refractivity contribution in [2.24, 2.45) is 4.99 Å². The molecule has 158 valence electrons. The van der Waals surface area contributed by atoms with Gasteiger partial charge in [0, 0.05) is 23.2 Å². The highest BCUT2D eigenvalue weighted by atomic mass is 79.9. The number of ether oxygens (including phenoxy) is 1. The number of amides is 1. The highest BCUT2D eigenvalue weighted by Gasteiger charge is 2.33. The van der Waals surface area contributed by atoms with E-state index in [9.17, 15) is 4.79 Å². The average Bonchev–Trinajstić information content (AvgIpc) is 3.32. The van der Waals surface area contributed by atoms with Crippen LogP contribution in [0.5, 0.6) is 0 Å². The molecule has 2 aromatic carbocycles. The Morgan fingerprint density at radius 1 is 1.16 bits per heavy atom. The summed E-state index contributed by atoms with van der Waals surface area (Å²) in [6, 6.07) is 19.5. The van der Waals surface area contributed by atoms with Crippen LogP contribution in [0, 0.1) is 6.92 Å². The molecular weight excluding hydrogens is 476 g/mol. The summed E-state index contributed by atoms with van der Waals surface area (Å²) in [5.74, 6) is 1.25. The summed E-state index contributed by atoms with van der Waals surface area (Å²) in [4.78, 5) is 19.9. The second kappa shape index (κ2) is 9.68. The van der Waals surface area contributed by atoms with E-state index in [4.69, 9.17) is 9.15 Å². The second-order valence-corrected chi connectivity index (χ2v) is 8.84. The number of para-hydroxylation sites is 1. The lowest BCUT2D eigenvalue weighted by molar-refractivity contribution is -0.122. The molecule has 0 unspecified atom stereocenters. The standard InChI is InChI=1S/C24H21BrN2O3S/c1-16-8-10-19(20(25)14-16)21-11-9-18(30-21)15-22-23(28)27(12-13-29-2)24(31-22)26-17-6-4-3-5-7-17/h3-11,14-15H,12-13H2,1-2H3/b22-15+,26-24?. The van der Waals surface area contributed by atoms with Crippen molar-refractivity contribution in [3.63, 3.8) is 0 Å². The molecule has 5 nitrogen and oxygen atoms in total. The predicted octanol–water partition coefficient (Wildman–Crippen LogP) is 6.27. The molecule has 4 rings (SSSR count). The van der Waals surface area contributed by atoms with Crippen LogP contribution in [0.3, 0.4) is 0 Å². The number of aryl methyl sites for hydroxylation is 1. The van der Waals surface area contributed by atoms with Crippen LogP contribution in [0.25, 0.3) is 17.4 Å². The molecule has 1 saturated heterocycles. The summed E-state index contributed by atoms with van der Waals surface area (Å²) in [6.45, 7) is 2.91. The van der Waals surface area contributed by atoms with Crippen molar-refractivity contribution in [2.75, 3.05) is 20.3 Å². The fraction of sp³-hybridized carbons (Fsp3) is 0.167. The van der Waals surface area contributed by atoms with Crippen LogP contribution < -0.4 is 0 Å². The van der Waals surface area contributed by atoms with Crippen LogP contribution in [0.2, 0.25) is 0 Å². The van der Waals surface area contributed by atoms with Gasteiger partial charge in [0.2, 0.25) is 0 Å². The van der Waals surface area contributed by atoms with E-state index in [1.54, 1.807) is 18.1 Å². The number of carbonyl (C=O) groups excluding carboxylic acids is 1. The Bertz CT molecular complexity index is 1150. The van der Waals surface area contributed by atoms with E-state index in [1.165, 1.54) is 17.3 Å². The van der Waals surface area contributed by atoms with Gasteiger partial charge in [-0.15, -0.1) is 0 Å². The smallest absolute Gasteiger partial charge is 0.266 e. The Hall–Kier alpha value is -2.61. The van der Waals surface area contributed by atoms with Crippen molar-refractivity contribution in [1.82, 2.24) is 4.90 Å². The summed E-state index contributed by atoms with van der Waals surface area (Å²) in [6.07, 6.45) is 1.77. The number of benzene rings is 2. The fourth-order valence-electron chi connectivity index (χ4n) is 3.11. The molecule has 0 spiro atoms. The number of thioether (sulfide) groups is 1. The van der Waals surface area contributed by atoms with Crippen LogP contribution in [0.4, 0.5) is 5.69 Å². The molecule has 7 heteroatoms. The monoisotopic (exact) mass is 496 g/mol. The Balaban J connectivity index is 1.62. The lowest BCUT2D eigenvalue weighted by Gasteiger charge is -2.14. The largest absolute Gasteiger partial charge is 0.457 e. The Morgan fingerprint density at radius 3 is 2.71 bits per heavy atom. The maximum atomic E-state index is 13.0. The third-order valence-electron chi connectivity index (χ3n) is 4.68. The predicted molar refractivity (Wildman–Crippen MR) is 129 cm³/mol. The van der Waals surface area contributed by atoms with Crippen molar-refractivity contribution in [3.8, 4) is 11.3 Å². The second-order valence-electron chi connectivity index (χ2n) is 6.98. The van der Waals surface area contributed by atoms with Gasteiger partial charge in [0.1, 0.15) is 11.5 Å². The van der Waals surface area contributed by atoms with Gasteiger partial charge in [0.15, 0.2) is 5.17 Å². The van der Waals surface area contributed by atoms with Crippen LogP contribution in [0.1, 0.15) is 11.3 Å². The number of rotatable bonds is 6. The summed E-state index contributed by atoms with van der Waals surface area (Å²) >= 11 is 4.93. The lowest BCUT2D eigenvalue weighted by Crippen LogP contribution is -2.32. The molecule has 0 N–H and O–H groups in total. The summed E-state index contributed by atoms with van der Waals surface area (Å²) in [7, 11) is 1.62. The molecule has 1 aliphatic heterocycles. The zero-order valence-corrected chi connectivity index (χ0v) is 19.6. The lowest BCUT2D eigenvalue weighted by atomic mass is 10.1. The van der Waals surface area contributed by atoms with E-state index in [0.717, 1.165) is 21.5 Å². The average molecular weight is 497 g/mol. The number of hydrogen-bond donors (Lipinski definition) is 0. The van der Waals surface area contributed by atoms with E-state index in [-0.39, 0.29) is 5.91 Å². The van der Waals surface area contributed by atoms with Crippen molar-refractivity contribution < 1.29 is 13.9 Å². The number of nitrogens with zero attached hydrogens (tertiary/aromatic N) is 2. The number of hydrogen-bond acceptors (Lipinski definition) is 5. The Kier molecular flexibility index (Phi) is 6.75. The van der Waals surface area contributed by atoms with Gasteiger partial charge in [-0.1, -0.05) is 40.2 Å². The topological polar surface area (TPSA) is 55.0 Å². The molecule has 0 bridgehead atoms. The third-order valence-corrected chi connectivity index (χ3v) is 6.34. The number of methoxy groups -OCH3 is 1. The van der Waals surface area contributed by atoms with Gasteiger partial charge in [-0.05, 0) is 60.6 Å². The molecule has 1 fully saturated rings. The first-order chi connectivity index (χ1) is 15.0. The van der Waals surface area contributed by atoms with Gasteiger partial charge in [-0.3, -0.25) is 9.69 Å². The first-order valence-corrected chi connectivity index (χ1v) is 11.4.